The highest BCUT2D eigenvalue weighted by molar-refractivity contribution is 14.1. The predicted molar refractivity (Wildman–Crippen MR) is 74.3 cm³/mol. The van der Waals surface area contributed by atoms with Crippen LogP contribution in [-0.2, 0) is 6.54 Å². The third kappa shape index (κ3) is 3.36. The monoisotopic (exact) mass is 377 g/mol. The van der Waals surface area contributed by atoms with Gasteiger partial charge in [-0.3, -0.25) is 14.8 Å². The Morgan fingerprint density at radius 2 is 2.32 bits per heavy atom. The van der Waals surface area contributed by atoms with E-state index in [0.717, 1.165) is 6.07 Å². The molecule has 1 N–H and O–H groups in total. The van der Waals surface area contributed by atoms with Crippen LogP contribution in [0.25, 0.3) is 0 Å². The summed E-state index contributed by atoms with van der Waals surface area (Å²) in [6.45, 7) is 0.856. The fraction of sp³-hybridized carbons (Fsp3) is 0.200. The average Bonchev–Trinajstić information content (AvgIpc) is 2.86. The summed E-state index contributed by atoms with van der Waals surface area (Å²) in [7, 11) is 0. The molecule has 100 valence electrons. The zero-order valence-corrected chi connectivity index (χ0v) is 11.7. The lowest BCUT2D eigenvalue weighted by Crippen LogP contribution is -2.12. The van der Waals surface area contributed by atoms with Crippen molar-refractivity contribution in [3.63, 3.8) is 0 Å². The molecule has 0 saturated heterocycles. The van der Waals surface area contributed by atoms with Crippen molar-refractivity contribution in [1.82, 2.24) is 15.0 Å². The first kappa shape index (κ1) is 13.6. The predicted octanol–water partition coefficient (Wildman–Crippen LogP) is 2.04. The van der Waals surface area contributed by atoms with Crippen LogP contribution in [0.2, 0.25) is 0 Å². The van der Waals surface area contributed by atoms with E-state index in [2.05, 4.69) is 15.6 Å². The Morgan fingerprint density at radius 1 is 1.53 bits per heavy atom. The highest BCUT2D eigenvalue weighted by Crippen LogP contribution is 2.28. The average molecular weight is 377 g/mol. The number of hydrogen-bond donors (Lipinski definition) is 1. The highest BCUT2D eigenvalue weighted by Gasteiger charge is 2.17. The van der Waals surface area contributed by atoms with Crippen molar-refractivity contribution in [3.8, 4) is 0 Å². The van der Waals surface area contributed by atoms with Gasteiger partial charge in [0.05, 0.1) is 21.2 Å². The molecule has 0 aliphatic carbocycles. The Hall–Kier alpha value is -1.78. The van der Waals surface area contributed by atoms with Gasteiger partial charge in [0.15, 0.2) is 0 Å². The zero-order chi connectivity index (χ0) is 13.8. The molecule has 0 radical (unpaired) electrons. The molecule has 0 aliphatic heterocycles. The van der Waals surface area contributed by atoms with Gasteiger partial charge >= 0.3 is 0 Å². The Labute approximate surface area is 121 Å². The van der Waals surface area contributed by atoms with E-state index in [1.165, 1.54) is 12.3 Å². The normalized spacial score (nSPS) is 10.4. The van der Waals surface area contributed by atoms with Gasteiger partial charge in [0.2, 0.25) is 0 Å². The topological polar surface area (TPSA) is 85.9 Å². The van der Waals surface area contributed by atoms with Crippen LogP contribution in [0.1, 0.15) is 0 Å². The fourth-order valence-electron chi connectivity index (χ4n) is 1.49. The van der Waals surface area contributed by atoms with Crippen LogP contribution in [0, 0.1) is 19.5 Å². The molecule has 0 bridgehead atoms. The third-order valence-corrected chi connectivity index (χ3v) is 3.19. The van der Waals surface area contributed by atoms with E-state index < -0.39 is 10.7 Å². The second kappa shape index (κ2) is 5.91. The van der Waals surface area contributed by atoms with Gasteiger partial charge in [0, 0.05) is 24.9 Å². The number of nitrogens with zero attached hydrogens (tertiary/aromatic N) is 4. The molecule has 0 atom stereocenters. The quantitative estimate of drug-likeness (QED) is 0.490. The summed E-state index contributed by atoms with van der Waals surface area (Å²) < 4.78 is 15.2. The van der Waals surface area contributed by atoms with Gasteiger partial charge in [0.25, 0.3) is 5.69 Å². The second-order valence-electron chi connectivity index (χ2n) is 3.63. The van der Waals surface area contributed by atoms with Crippen molar-refractivity contribution < 1.29 is 9.31 Å². The summed E-state index contributed by atoms with van der Waals surface area (Å²) in [5.41, 5.74) is 0.00687. The molecule has 0 fully saturated rings. The van der Waals surface area contributed by atoms with E-state index >= 15 is 0 Å². The van der Waals surface area contributed by atoms with Crippen molar-refractivity contribution >= 4 is 34.0 Å². The number of anilines is 1. The highest BCUT2D eigenvalue weighted by atomic mass is 127. The fourth-order valence-corrected chi connectivity index (χ4v) is 1.94. The summed E-state index contributed by atoms with van der Waals surface area (Å²) in [6, 6.07) is 2.33. The first-order valence-corrected chi connectivity index (χ1v) is 6.37. The molecular formula is C10H9FIN5O2. The maximum absolute atomic E-state index is 13.4. The Kier molecular flexibility index (Phi) is 4.24. The Morgan fingerprint density at radius 3 is 2.95 bits per heavy atom. The lowest BCUT2D eigenvalue weighted by molar-refractivity contribution is -0.384. The van der Waals surface area contributed by atoms with Crippen LogP contribution < -0.4 is 5.32 Å². The summed E-state index contributed by atoms with van der Waals surface area (Å²) in [4.78, 5) is 10.3. The SMILES string of the molecule is O=[N+]([O-])c1cc(I)c(F)cc1NCCn1ccnn1. The van der Waals surface area contributed by atoms with Gasteiger partial charge in [0.1, 0.15) is 11.5 Å². The minimum Gasteiger partial charge on any atom is -0.378 e. The number of nitro groups is 1. The first-order chi connectivity index (χ1) is 9.08. The first-order valence-electron chi connectivity index (χ1n) is 5.29. The van der Waals surface area contributed by atoms with Crippen LogP contribution in [0.15, 0.2) is 24.5 Å². The molecule has 19 heavy (non-hydrogen) atoms. The van der Waals surface area contributed by atoms with Gasteiger partial charge in [-0.1, -0.05) is 5.21 Å². The second-order valence-corrected chi connectivity index (χ2v) is 4.80. The van der Waals surface area contributed by atoms with E-state index in [0.29, 0.717) is 13.1 Å². The van der Waals surface area contributed by atoms with Gasteiger partial charge in [-0.2, -0.15) is 0 Å². The smallest absolute Gasteiger partial charge is 0.293 e. The maximum atomic E-state index is 13.4. The van der Waals surface area contributed by atoms with Crippen molar-refractivity contribution in [2.45, 2.75) is 6.54 Å². The van der Waals surface area contributed by atoms with Gasteiger partial charge < -0.3 is 5.32 Å². The molecular weight excluding hydrogens is 368 g/mol. The van der Waals surface area contributed by atoms with Crippen LogP contribution in [-0.4, -0.2) is 26.5 Å². The van der Waals surface area contributed by atoms with E-state index in [9.17, 15) is 14.5 Å². The maximum Gasteiger partial charge on any atom is 0.293 e. The Balaban J connectivity index is 2.10. The van der Waals surface area contributed by atoms with Crippen molar-refractivity contribution in [2.75, 3.05) is 11.9 Å². The number of halogens is 2. The summed E-state index contributed by atoms with van der Waals surface area (Å²) in [5.74, 6) is -0.491. The summed E-state index contributed by atoms with van der Waals surface area (Å²) in [6.07, 6.45) is 3.21. The van der Waals surface area contributed by atoms with Gasteiger partial charge in [-0.15, -0.1) is 5.10 Å². The molecule has 0 amide bonds. The van der Waals surface area contributed by atoms with Crippen LogP contribution >= 0.6 is 22.6 Å². The van der Waals surface area contributed by atoms with E-state index in [-0.39, 0.29) is 14.9 Å². The minimum absolute atomic E-state index is 0.149. The number of rotatable bonds is 5. The molecule has 7 nitrogen and oxygen atoms in total. The largest absolute Gasteiger partial charge is 0.378 e. The Bertz CT molecular complexity index is 590. The summed E-state index contributed by atoms with van der Waals surface area (Å²) >= 11 is 1.72. The van der Waals surface area contributed by atoms with Crippen molar-refractivity contribution in [1.29, 1.82) is 0 Å². The molecule has 1 heterocycles. The third-order valence-electron chi connectivity index (χ3n) is 2.36. The number of benzene rings is 1. The van der Waals surface area contributed by atoms with E-state index in [1.807, 2.05) is 0 Å². The number of hydrogen-bond acceptors (Lipinski definition) is 5. The summed E-state index contributed by atoms with van der Waals surface area (Å²) in [5, 5.41) is 21.1. The minimum atomic E-state index is -0.542. The van der Waals surface area contributed by atoms with Crippen LogP contribution in [0.3, 0.4) is 0 Å². The lowest BCUT2D eigenvalue weighted by atomic mass is 10.2. The van der Waals surface area contributed by atoms with Crippen molar-refractivity contribution in [3.05, 3.63) is 44.0 Å². The van der Waals surface area contributed by atoms with Gasteiger partial charge in [-0.25, -0.2) is 4.39 Å². The molecule has 1 aromatic heterocycles. The van der Waals surface area contributed by atoms with E-state index in [4.69, 9.17) is 0 Å². The molecule has 9 heteroatoms. The molecule has 0 saturated carbocycles. The molecule has 1 aromatic carbocycles. The van der Waals surface area contributed by atoms with Gasteiger partial charge in [-0.05, 0) is 22.6 Å². The zero-order valence-electron chi connectivity index (χ0n) is 9.58. The van der Waals surface area contributed by atoms with Crippen LogP contribution in [0.4, 0.5) is 15.8 Å². The van der Waals surface area contributed by atoms with E-state index in [1.54, 1.807) is 33.5 Å². The molecule has 0 unspecified atom stereocenters. The molecule has 0 spiro atoms. The van der Waals surface area contributed by atoms with Crippen LogP contribution in [0.5, 0.6) is 0 Å². The number of nitrogens with one attached hydrogen (secondary N) is 1. The molecule has 0 aliphatic rings. The van der Waals surface area contributed by atoms with Crippen molar-refractivity contribution in [2.24, 2.45) is 0 Å². The molecule has 2 aromatic rings. The molecule has 2 rings (SSSR count). The number of nitro benzene ring substituents is 1. The number of aromatic nitrogens is 3. The standard InChI is InChI=1S/C10H9FIN5O2/c11-7-5-9(10(17(18)19)6-8(7)12)13-1-3-16-4-2-14-15-16/h2,4-6,13H,1,3H2. The lowest BCUT2D eigenvalue weighted by Gasteiger charge is -2.08.